The van der Waals surface area contributed by atoms with Crippen molar-refractivity contribution < 1.29 is 4.74 Å². The van der Waals surface area contributed by atoms with Crippen LogP contribution in [0.5, 0.6) is 5.75 Å². The van der Waals surface area contributed by atoms with Crippen LogP contribution < -0.4 is 10.1 Å². The standard InChI is InChI=1S/C15H16N2O/c1-12(15-10-6-7-11-16-15)17-13(2)18-14-8-4-3-5-9-14/h3-12,17H,2H2,1H3. The maximum absolute atomic E-state index is 5.57. The summed E-state index contributed by atoms with van der Waals surface area (Å²) in [6.45, 7) is 5.87. The van der Waals surface area contributed by atoms with Gasteiger partial charge >= 0.3 is 0 Å². The van der Waals surface area contributed by atoms with Crippen molar-refractivity contribution in [2.45, 2.75) is 13.0 Å². The van der Waals surface area contributed by atoms with Gasteiger partial charge in [0.25, 0.3) is 0 Å². The first kappa shape index (κ1) is 12.2. The molecule has 1 unspecified atom stereocenters. The van der Waals surface area contributed by atoms with Crippen LogP contribution in [0, 0.1) is 0 Å². The van der Waals surface area contributed by atoms with Gasteiger partial charge in [-0.1, -0.05) is 24.3 Å². The fourth-order valence-corrected chi connectivity index (χ4v) is 1.61. The number of benzene rings is 1. The number of nitrogens with zero attached hydrogens (tertiary/aromatic N) is 1. The molecule has 0 fully saturated rings. The lowest BCUT2D eigenvalue weighted by Gasteiger charge is -2.16. The maximum atomic E-state index is 5.57. The third kappa shape index (κ3) is 3.35. The zero-order valence-corrected chi connectivity index (χ0v) is 10.3. The average molecular weight is 240 g/mol. The van der Waals surface area contributed by atoms with Crippen LogP contribution in [0.25, 0.3) is 0 Å². The molecule has 0 amide bonds. The molecule has 0 saturated heterocycles. The molecule has 1 N–H and O–H groups in total. The van der Waals surface area contributed by atoms with Gasteiger partial charge in [0, 0.05) is 6.20 Å². The number of rotatable bonds is 5. The van der Waals surface area contributed by atoms with E-state index in [4.69, 9.17) is 4.74 Å². The minimum atomic E-state index is 0.0578. The first-order valence-corrected chi connectivity index (χ1v) is 5.85. The molecule has 2 aromatic rings. The van der Waals surface area contributed by atoms with E-state index in [0.717, 1.165) is 11.4 Å². The molecule has 1 aromatic carbocycles. The highest BCUT2D eigenvalue weighted by molar-refractivity contribution is 5.23. The van der Waals surface area contributed by atoms with Crippen molar-refractivity contribution in [2.75, 3.05) is 0 Å². The zero-order chi connectivity index (χ0) is 12.8. The Morgan fingerprint density at radius 2 is 1.89 bits per heavy atom. The van der Waals surface area contributed by atoms with Gasteiger partial charge < -0.3 is 10.1 Å². The molecule has 3 heteroatoms. The number of aromatic nitrogens is 1. The van der Waals surface area contributed by atoms with Gasteiger partial charge in [-0.25, -0.2) is 0 Å². The van der Waals surface area contributed by atoms with Gasteiger partial charge in [0.2, 0.25) is 0 Å². The van der Waals surface area contributed by atoms with E-state index in [9.17, 15) is 0 Å². The van der Waals surface area contributed by atoms with Crippen molar-refractivity contribution >= 4 is 0 Å². The number of hydrogen-bond acceptors (Lipinski definition) is 3. The molecule has 0 spiro atoms. The third-order valence-electron chi connectivity index (χ3n) is 2.49. The summed E-state index contributed by atoms with van der Waals surface area (Å²) in [4.78, 5) is 4.28. The van der Waals surface area contributed by atoms with Gasteiger partial charge in [0.1, 0.15) is 5.75 Å². The van der Waals surface area contributed by atoms with Crippen LogP contribution in [0.3, 0.4) is 0 Å². The second-order valence-corrected chi connectivity index (χ2v) is 3.96. The number of ether oxygens (including phenoxy) is 1. The second-order valence-electron chi connectivity index (χ2n) is 3.96. The average Bonchev–Trinajstić information content (AvgIpc) is 2.40. The Balaban J connectivity index is 1.92. The summed E-state index contributed by atoms with van der Waals surface area (Å²) in [6, 6.07) is 15.4. The molecule has 0 saturated carbocycles. The number of nitrogens with one attached hydrogen (secondary N) is 1. The molecule has 0 radical (unpaired) electrons. The van der Waals surface area contributed by atoms with Crippen LogP contribution in [0.4, 0.5) is 0 Å². The molecule has 0 aliphatic rings. The highest BCUT2D eigenvalue weighted by atomic mass is 16.5. The van der Waals surface area contributed by atoms with Crippen molar-refractivity contribution in [1.82, 2.24) is 10.3 Å². The lowest BCUT2D eigenvalue weighted by Crippen LogP contribution is -2.21. The topological polar surface area (TPSA) is 34.2 Å². The van der Waals surface area contributed by atoms with Crippen LogP contribution in [0.2, 0.25) is 0 Å². The van der Waals surface area contributed by atoms with Gasteiger partial charge in [0.05, 0.1) is 11.7 Å². The van der Waals surface area contributed by atoms with Gasteiger partial charge in [-0.2, -0.15) is 0 Å². The predicted octanol–water partition coefficient (Wildman–Crippen LogP) is 3.28. The highest BCUT2D eigenvalue weighted by Crippen LogP contribution is 2.14. The van der Waals surface area contributed by atoms with Crippen molar-refractivity contribution in [1.29, 1.82) is 0 Å². The number of pyridine rings is 1. The fraction of sp³-hybridized carbons (Fsp3) is 0.133. The monoisotopic (exact) mass is 240 g/mol. The van der Waals surface area contributed by atoms with Crippen molar-refractivity contribution in [3.63, 3.8) is 0 Å². The van der Waals surface area contributed by atoms with Crippen molar-refractivity contribution in [3.8, 4) is 5.75 Å². The third-order valence-corrected chi connectivity index (χ3v) is 2.49. The summed E-state index contributed by atoms with van der Waals surface area (Å²) in [5.74, 6) is 1.28. The molecule has 0 bridgehead atoms. The number of hydrogen-bond donors (Lipinski definition) is 1. The lowest BCUT2D eigenvalue weighted by atomic mass is 10.2. The summed E-state index contributed by atoms with van der Waals surface area (Å²) in [5, 5.41) is 3.17. The van der Waals surface area contributed by atoms with Crippen LogP contribution in [0.1, 0.15) is 18.7 Å². The molecular formula is C15H16N2O. The van der Waals surface area contributed by atoms with Gasteiger partial charge in [-0.3, -0.25) is 4.98 Å². The van der Waals surface area contributed by atoms with Crippen LogP contribution in [-0.2, 0) is 0 Å². The van der Waals surface area contributed by atoms with E-state index >= 15 is 0 Å². The Morgan fingerprint density at radius 3 is 2.56 bits per heavy atom. The Kier molecular flexibility index (Phi) is 3.97. The van der Waals surface area contributed by atoms with E-state index in [-0.39, 0.29) is 6.04 Å². The predicted molar refractivity (Wildman–Crippen MR) is 72.0 cm³/mol. The molecule has 18 heavy (non-hydrogen) atoms. The first-order chi connectivity index (χ1) is 8.75. The van der Waals surface area contributed by atoms with E-state index in [2.05, 4.69) is 16.9 Å². The number of para-hydroxylation sites is 1. The van der Waals surface area contributed by atoms with Gasteiger partial charge in [-0.05, 0) is 37.8 Å². The van der Waals surface area contributed by atoms with E-state index in [1.165, 1.54) is 0 Å². The summed E-state index contributed by atoms with van der Waals surface area (Å²) >= 11 is 0. The molecule has 2 rings (SSSR count). The van der Waals surface area contributed by atoms with E-state index in [1.807, 2.05) is 55.5 Å². The lowest BCUT2D eigenvalue weighted by molar-refractivity contribution is 0.364. The Bertz CT molecular complexity index is 496. The summed E-state index contributed by atoms with van der Waals surface area (Å²) in [5.41, 5.74) is 0.954. The second kappa shape index (κ2) is 5.87. The fourth-order valence-electron chi connectivity index (χ4n) is 1.61. The smallest absolute Gasteiger partial charge is 0.186 e. The first-order valence-electron chi connectivity index (χ1n) is 5.85. The van der Waals surface area contributed by atoms with Crippen LogP contribution in [0.15, 0.2) is 67.2 Å². The Labute approximate surface area is 107 Å². The summed E-state index contributed by atoms with van der Waals surface area (Å²) in [7, 11) is 0. The normalized spacial score (nSPS) is 11.6. The Hall–Kier alpha value is -2.29. The Morgan fingerprint density at radius 1 is 1.17 bits per heavy atom. The largest absolute Gasteiger partial charge is 0.442 e. The highest BCUT2D eigenvalue weighted by Gasteiger charge is 2.07. The van der Waals surface area contributed by atoms with Crippen LogP contribution in [-0.4, -0.2) is 4.98 Å². The molecule has 0 aliphatic heterocycles. The maximum Gasteiger partial charge on any atom is 0.186 e. The van der Waals surface area contributed by atoms with Crippen LogP contribution >= 0.6 is 0 Å². The quantitative estimate of drug-likeness (QED) is 0.814. The van der Waals surface area contributed by atoms with E-state index in [1.54, 1.807) is 6.20 Å². The summed E-state index contributed by atoms with van der Waals surface area (Å²) < 4.78 is 5.57. The molecular weight excluding hydrogens is 224 g/mol. The van der Waals surface area contributed by atoms with Gasteiger partial charge in [0.15, 0.2) is 5.88 Å². The molecule has 0 aliphatic carbocycles. The molecule has 1 aromatic heterocycles. The SMILES string of the molecule is C=C(NC(C)c1ccccn1)Oc1ccccc1. The molecule has 1 atom stereocenters. The zero-order valence-electron chi connectivity index (χ0n) is 10.3. The molecule has 92 valence electrons. The van der Waals surface area contributed by atoms with Crippen molar-refractivity contribution in [3.05, 3.63) is 72.9 Å². The van der Waals surface area contributed by atoms with Gasteiger partial charge in [-0.15, -0.1) is 0 Å². The van der Waals surface area contributed by atoms with E-state index < -0.39 is 0 Å². The van der Waals surface area contributed by atoms with E-state index in [0.29, 0.717) is 5.88 Å². The molecule has 3 nitrogen and oxygen atoms in total. The minimum absolute atomic E-state index is 0.0578. The molecule has 1 heterocycles. The summed E-state index contributed by atoms with van der Waals surface area (Å²) in [6.07, 6.45) is 1.77. The minimum Gasteiger partial charge on any atom is -0.442 e. The van der Waals surface area contributed by atoms with Crippen molar-refractivity contribution in [2.24, 2.45) is 0 Å².